The average molecular weight is 386 g/mol. The molecule has 0 fully saturated rings. The summed E-state index contributed by atoms with van der Waals surface area (Å²) in [6.45, 7) is 2.54. The molecule has 1 amide bonds. The highest BCUT2D eigenvalue weighted by molar-refractivity contribution is 6.03. The van der Waals surface area contributed by atoms with Crippen molar-refractivity contribution in [3.8, 4) is 28.6 Å². The van der Waals surface area contributed by atoms with Crippen molar-refractivity contribution in [2.24, 2.45) is 0 Å². The number of aromatic nitrogens is 3. The number of nitrogens with one attached hydrogen (secondary N) is 1. The molecule has 1 N–H and O–H groups in total. The fourth-order valence-corrected chi connectivity index (χ4v) is 2.75. The van der Waals surface area contributed by atoms with Crippen LogP contribution in [0.25, 0.3) is 22.8 Å². The minimum absolute atomic E-state index is 0.286. The highest BCUT2D eigenvalue weighted by Gasteiger charge is 2.12. The van der Waals surface area contributed by atoms with E-state index in [0.717, 1.165) is 16.9 Å². The zero-order valence-electron chi connectivity index (χ0n) is 15.7. The number of rotatable bonds is 6. The van der Waals surface area contributed by atoms with Gasteiger partial charge in [-0.3, -0.25) is 9.78 Å². The third kappa shape index (κ3) is 4.30. The van der Waals surface area contributed by atoms with Crippen LogP contribution in [0.5, 0.6) is 5.75 Å². The van der Waals surface area contributed by atoms with E-state index in [-0.39, 0.29) is 5.91 Å². The predicted molar refractivity (Wildman–Crippen MR) is 109 cm³/mol. The lowest BCUT2D eigenvalue weighted by Crippen LogP contribution is -2.13. The van der Waals surface area contributed by atoms with Crippen LogP contribution in [0.3, 0.4) is 0 Å². The van der Waals surface area contributed by atoms with Gasteiger partial charge in [-0.2, -0.15) is 4.98 Å². The predicted octanol–water partition coefficient (Wildman–Crippen LogP) is 4.45. The summed E-state index contributed by atoms with van der Waals surface area (Å²) in [6, 6.07) is 19.9. The molecule has 0 aliphatic rings. The Morgan fingerprint density at radius 3 is 2.66 bits per heavy atom. The average Bonchev–Trinajstić information content (AvgIpc) is 3.26. The lowest BCUT2D eigenvalue weighted by Gasteiger charge is -2.05. The van der Waals surface area contributed by atoms with E-state index in [1.807, 2.05) is 43.3 Å². The number of carbonyl (C=O) groups excluding carboxylic acids is 1. The molecule has 4 aromatic rings. The van der Waals surface area contributed by atoms with Gasteiger partial charge in [-0.1, -0.05) is 23.4 Å². The molecular formula is C22H18N4O3. The van der Waals surface area contributed by atoms with Crippen LogP contribution in [-0.2, 0) is 0 Å². The fourth-order valence-electron chi connectivity index (χ4n) is 2.75. The Kier molecular flexibility index (Phi) is 5.29. The maximum atomic E-state index is 12.3. The smallest absolute Gasteiger partial charge is 0.274 e. The number of carbonyl (C=O) groups is 1. The number of nitrogens with zero attached hydrogens (tertiary/aromatic N) is 3. The van der Waals surface area contributed by atoms with E-state index in [2.05, 4.69) is 20.4 Å². The molecule has 7 heteroatoms. The highest BCUT2D eigenvalue weighted by atomic mass is 16.5. The van der Waals surface area contributed by atoms with E-state index in [1.165, 1.54) is 0 Å². The molecule has 0 saturated carbocycles. The van der Waals surface area contributed by atoms with Gasteiger partial charge in [-0.15, -0.1) is 0 Å². The Labute approximate surface area is 167 Å². The summed E-state index contributed by atoms with van der Waals surface area (Å²) < 4.78 is 10.8. The Balaban J connectivity index is 1.52. The standard InChI is InChI=1S/C22H18N4O3/c1-2-28-18-11-9-15(10-12-18)22-25-20(26-29-22)16-6-5-7-17(14-16)24-21(27)19-8-3-4-13-23-19/h3-14H,2H2,1H3,(H,24,27). The minimum atomic E-state index is -0.286. The molecule has 2 aromatic heterocycles. The second-order valence-electron chi connectivity index (χ2n) is 6.13. The van der Waals surface area contributed by atoms with Crippen molar-refractivity contribution in [2.75, 3.05) is 11.9 Å². The third-order valence-corrected chi connectivity index (χ3v) is 4.11. The van der Waals surface area contributed by atoms with Crippen molar-refractivity contribution in [1.82, 2.24) is 15.1 Å². The molecule has 0 radical (unpaired) electrons. The van der Waals surface area contributed by atoms with E-state index in [9.17, 15) is 4.79 Å². The second kappa shape index (κ2) is 8.35. The zero-order valence-corrected chi connectivity index (χ0v) is 15.7. The minimum Gasteiger partial charge on any atom is -0.494 e. The van der Waals surface area contributed by atoms with Crippen LogP contribution >= 0.6 is 0 Å². The van der Waals surface area contributed by atoms with Crippen LogP contribution < -0.4 is 10.1 Å². The topological polar surface area (TPSA) is 90.1 Å². The molecule has 0 atom stereocenters. The maximum Gasteiger partial charge on any atom is 0.274 e. The van der Waals surface area contributed by atoms with Crippen LogP contribution in [0.2, 0.25) is 0 Å². The van der Waals surface area contributed by atoms with E-state index in [4.69, 9.17) is 9.26 Å². The highest BCUT2D eigenvalue weighted by Crippen LogP contribution is 2.25. The molecule has 0 aliphatic heterocycles. The molecule has 4 rings (SSSR count). The van der Waals surface area contributed by atoms with Crippen LogP contribution in [0.15, 0.2) is 77.4 Å². The first-order valence-corrected chi connectivity index (χ1v) is 9.12. The summed E-state index contributed by atoms with van der Waals surface area (Å²) in [6.07, 6.45) is 1.58. The molecule has 7 nitrogen and oxygen atoms in total. The lowest BCUT2D eigenvalue weighted by molar-refractivity contribution is 0.102. The first-order valence-electron chi connectivity index (χ1n) is 9.12. The van der Waals surface area contributed by atoms with E-state index in [1.54, 1.807) is 36.5 Å². The van der Waals surface area contributed by atoms with Gasteiger partial charge in [-0.25, -0.2) is 0 Å². The van der Waals surface area contributed by atoms with Gasteiger partial charge in [0, 0.05) is 23.0 Å². The molecule has 144 valence electrons. The first kappa shape index (κ1) is 18.4. The number of anilines is 1. The molecule has 0 aliphatic carbocycles. The number of hydrogen-bond acceptors (Lipinski definition) is 6. The summed E-state index contributed by atoms with van der Waals surface area (Å²) >= 11 is 0. The van der Waals surface area contributed by atoms with Crippen molar-refractivity contribution in [1.29, 1.82) is 0 Å². The summed E-state index contributed by atoms with van der Waals surface area (Å²) in [7, 11) is 0. The molecule has 0 bridgehead atoms. The molecule has 2 heterocycles. The van der Waals surface area contributed by atoms with Crippen molar-refractivity contribution < 1.29 is 14.1 Å². The summed E-state index contributed by atoms with van der Waals surface area (Å²) in [5.74, 6) is 1.34. The van der Waals surface area contributed by atoms with Gasteiger partial charge in [0.15, 0.2) is 0 Å². The number of benzene rings is 2. The molecule has 0 spiro atoms. The Morgan fingerprint density at radius 1 is 1.03 bits per heavy atom. The summed E-state index contributed by atoms with van der Waals surface area (Å²) in [5, 5.41) is 6.88. The van der Waals surface area contributed by atoms with E-state index < -0.39 is 0 Å². The van der Waals surface area contributed by atoms with Gasteiger partial charge < -0.3 is 14.6 Å². The summed E-state index contributed by atoms with van der Waals surface area (Å²) in [4.78, 5) is 20.8. The van der Waals surface area contributed by atoms with Gasteiger partial charge in [0.05, 0.1) is 6.61 Å². The lowest BCUT2D eigenvalue weighted by atomic mass is 10.2. The van der Waals surface area contributed by atoms with Gasteiger partial charge in [-0.05, 0) is 55.5 Å². The van der Waals surface area contributed by atoms with Crippen molar-refractivity contribution in [3.63, 3.8) is 0 Å². The van der Waals surface area contributed by atoms with Crippen molar-refractivity contribution >= 4 is 11.6 Å². The SMILES string of the molecule is CCOc1ccc(-c2nc(-c3cccc(NC(=O)c4ccccn4)c3)no2)cc1. The fraction of sp³-hybridized carbons (Fsp3) is 0.0909. The molecule has 29 heavy (non-hydrogen) atoms. The second-order valence-corrected chi connectivity index (χ2v) is 6.13. The van der Waals surface area contributed by atoms with Crippen LogP contribution in [-0.4, -0.2) is 27.6 Å². The summed E-state index contributed by atoms with van der Waals surface area (Å²) in [5.41, 5.74) is 2.48. The molecular weight excluding hydrogens is 368 g/mol. The number of pyridine rings is 1. The van der Waals surface area contributed by atoms with Gasteiger partial charge in [0.2, 0.25) is 5.82 Å². The Bertz CT molecular complexity index is 1110. The maximum absolute atomic E-state index is 12.3. The van der Waals surface area contributed by atoms with Crippen molar-refractivity contribution in [3.05, 3.63) is 78.6 Å². The zero-order chi connectivity index (χ0) is 20.1. The largest absolute Gasteiger partial charge is 0.494 e. The number of ether oxygens (including phenoxy) is 1. The number of hydrogen-bond donors (Lipinski definition) is 1. The molecule has 2 aromatic carbocycles. The van der Waals surface area contributed by atoms with Gasteiger partial charge in [0.1, 0.15) is 11.4 Å². The quantitative estimate of drug-likeness (QED) is 0.526. The van der Waals surface area contributed by atoms with Crippen molar-refractivity contribution in [2.45, 2.75) is 6.92 Å². The Hall–Kier alpha value is -4.00. The van der Waals surface area contributed by atoms with Crippen LogP contribution in [0.4, 0.5) is 5.69 Å². The van der Waals surface area contributed by atoms with Gasteiger partial charge in [0.25, 0.3) is 11.8 Å². The normalized spacial score (nSPS) is 10.5. The molecule has 0 unspecified atom stereocenters. The van der Waals surface area contributed by atoms with Crippen LogP contribution in [0, 0.1) is 0 Å². The van der Waals surface area contributed by atoms with Crippen LogP contribution in [0.1, 0.15) is 17.4 Å². The third-order valence-electron chi connectivity index (χ3n) is 4.11. The molecule has 0 saturated heterocycles. The Morgan fingerprint density at radius 2 is 1.90 bits per heavy atom. The monoisotopic (exact) mass is 386 g/mol. The van der Waals surface area contributed by atoms with E-state index in [0.29, 0.717) is 29.7 Å². The first-order chi connectivity index (χ1) is 14.2. The van der Waals surface area contributed by atoms with E-state index >= 15 is 0 Å². The van der Waals surface area contributed by atoms with Gasteiger partial charge >= 0.3 is 0 Å². The number of amides is 1.